The number of fused-ring (bicyclic) bond motifs is 1. The van der Waals surface area contributed by atoms with E-state index in [-0.39, 0.29) is 24.2 Å². The second kappa shape index (κ2) is 4.56. The van der Waals surface area contributed by atoms with Crippen LogP contribution in [0.5, 0.6) is 0 Å². The van der Waals surface area contributed by atoms with Gasteiger partial charge in [-0.05, 0) is 17.7 Å². The van der Waals surface area contributed by atoms with Crippen LogP contribution in [0.25, 0.3) is 0 Å². The summed E-state index contributed by atoms with van der Waals surface area (Å²) in [5.74, 6) is -0.976. The molecule has 0 atom stereocenters. The summed E-state index contributed by atoms with van der Waals surface area (Å²) >= 11 is 0. The molecule has 7 heteroatoms. The molecule has 2 N–H and O–H groups in total. The molecule has 18 heavy (non-hydrogen) atoms. The number of halogens is 4. The van der Waals surface area contributed by atoms with Crippen LogP contribution in [-0.2, 0) is 13.1 Å². The number of rotatable bonds is 3. The molecule has 98 valence electrons. The number of alkyl halides is 3. The van der Waals surface area contributed by atoms with Crippen LogP contribution in [-0.4, -0.2) is 18.6 Å². The molecule has 0 bridgehead atoms. The highest BCUT2D eigenvalue weighted by Crippen LogP contribution is 2.21. The van der Waals surface area contributed by atoms with Gasteiger partial charge in [-0.15, -0.1) is 0 Å². The van der Waals surface area contributed by atoms with E-state index >= 15 is 0 Å². The molecule has 0 fully saturated rings. The molecule has 0 saturated heterocycles. The normalized spacial score (nSPS) is 14.6. The number of nitrogens with one attached hydrogen (secondary N) is 2. The maximum absolute atomic E-state index is 13.5. The molecule has 1 heterocycles. The fraction of sp³-hybridized carbons (Fsp3) is 0.364. The summed E-state index contributed by atoms with van der Waals surface area (Å²) in [6, 6.07) is 2.55. The minimum Gasteiger partial charge on any atom is -0.348 e. The maximum Gasteiger partial charge on any atom is 0.401 e. The highest BCUT2D eigenvalue weighted by molar-refractivity contribution is 5.98. The predicted molar refractivity (Wildman–Crippen MR) is 55.3 cm³/mol. The summed E-state index contributed by atoms with van der Waals surface area (Å²) in [6.07, 6.45) is -4.31. The average Bonchev–Trinajstić information content (AvgIpc) is 2.59. The minimum absolute atomic E-state index is 0.121. The number of hydrogen-bond donors (Lipinski definition) is 2. The van der Waals surface area contributed by atoms with Crippen LogP contribution in [0.3, 0.4) is 0 Å². The summed E-state index contributed by atoms with van der Waals surface area (Å²) in [5.41, 5.74) is 0.769. The Morgan fingerprint density at radius 3 is 2.72 bits per heavy atom. The van der Waals surface area contributed by atoms with E-state index in [2.05, 4.69) is 10.6 Å². The van der Waals surface area contributed by atoms with Gasteiger partial charge in [-0.3, -0.25) is 4.79 Å². The molecule has 0 aliphatic carbocycles. The molecular weight excluding hydrogens is 252 g/mol. The van der Waals surface area contributed by atoms with Crippen molar-refractivity contribution in [3.8, 4) is 0 Å². The van der Waals surface area contributed by atoms with Crippen LogP contribution in [0.1, 0.15) is 21.5 Å². The van der Waals surface area contributed by atoms with Gasteiger partial charge < -0.3 is 10.6 Å². The predicted octanol–water partition coefficient (Wildman–Crippen LogP) is 1.72. The molecule has 3 nitrogen and oxygen atoms in total. The molecule has 1 aliphatic heterocycles. The molecule has 0 unspecified atom stereocenters. The summed E-state index contributed by atoms with van der Waals surface area (Å²) < 4.78 is 49.3. The Labute approximate surface area is 100 Å². The molecule has 2 rings (SSSR count). The first kappa shape index (κ1) is 12.8. The zero-order valence-corrected chi connectivity index (χ0v) is 9.20. The molecule has 0 aromatic heterocycles. The standard InChI is InChI=1S/C11H10F4N2O/c12-9-2-6(3-16-5-11(13,14)15)1-7-8(9)4-17-10(7)18/h1-2,16H,3-5H2,(H,17,18). The monoisotopic (exact) mass is 262 g/mol. The van der Waals surface area contributed by atoms with Gasteiger partial charge in [0.25, 0.3) is 5.91 Å². The van der Waals surface area contributed by atoms with E-state index in [1.165, 1.54) is 6.07 Å². The first-order valence-corrected chi connectivity index (χ1v) is 5.24. The van der Waals surface area contributed by atoms with E-state index in [9.17, 15) is 22.4 Å². The van der Waals surface area contributed by atoms with E-state index in [0.717, 1.165) is 6.07 Å². The molecule has 1 amide bonds. The Morgan fingerprint density at radius 1 is 1.33 bits per heavy atom. The first-order valence-electron chi connectivity index (χ1n) is 5.24. The third-order valence-corrected chi connectivity index (χ3v) is 2.58. The summed E-state index contributed by atoms with van der Waals surface area (Å²) in [4.78, 5) is 11.3. The Hall–Kier alpha value is -1.63. The minimum atomic E-state index is -4.31. The van der Waals surface area contributed by atoms with Gasteiger partial charge in [0, 0.05) is 24.2 Å². The lowest BCUT2D eigenvalue weighted by Gasteiger charge is -2.09. The van der Waals surface area contributed by atoms with Crippen molar-refractivity contribution in [1.82, 2.24) is 10.6 Å². The lowest BCUT2D eigenvalue weighted by Crippen LogP contribution is -2.28. The number of amides is 1. The van der Waals surface area contributed by atoms with Gasteiger partial charge in [-0.2, -0.15) is 13.2 Å². The van der Waals surface area contributed by atoms with Crippen molar-refractivity contribution in [3.63, 3.8) is 0 Å². The van der Waals surface area contributed by atoms with Crippen LogP contribution >= 0.6 is 0 Å². The highest BCUT2D eigenvalue weighted by Gasteiger charge is 2.27. The summed E-state index contributed by atoms with van der Waals surface area (Å²) in [5, 5.41) is 4.61. The Kier molecular flexibility index (Phi) is 3.25. The summed E-state index contributed by atoms with van der Waals surface area (Å²) in [6.45, 7) is -1.18. The van der Waals surface area contributed by atoms with Crippen molar-refractivity contribution < 1.29 is 22.4 Å². The molecular formula is C11H10F4N2O. The van der Waals surface area contributed by atoms with Gasteiger partial charge in [0.2, 0.25) is 0 Å². The highest BCUT2D eigenvalue weighted by atomic mass is 19.4. The van der Waals surface area contributed by atoms with E-state index in [1.54, 1.807) is 0 Å². The lowest BCUT2D eigenvalue weighted by atomic mass is 10.1. The van der Waals surface area contributed by atoms with Gasteiger partial charge in [0.05, 0.1) is 6.54 Å². The van der Waals surface area contributed by atoms with Crippen molar-refractivity contribution in [2.24, 2.45) is 0 Å². The molecule has 1 aliphatic rings. The van der Waals surface area contributed by atoms with Crippen molar-refractivity contribution in [2.75, 3.05) is 6.54 Å². The average molecular weight is 262 g/mol. The van der Waals surface area contributed by atoms with E-state index in [4.69, 9.17) is 0 Å². The quantitative estimate of drug-likeness (QED) is 0.814. The zero-order valence-electron chi connectivity index (χ0n) is 9.20. The van der Waals surface area contributed by atoms with Crippen LogP contribution in [0.4, 0.5) is 17.6 Å². The summed E-state index contributed by atoms with van der Waals surface area (Å²) in [7, 11) is 0. The van der Waals surface area contributed by atoms with Crippen molar-refractivity contribution in [1.29, 1.82) is 0 Å². The fourth-order valence-electron chi connectivity index (χ4n) is 1.79. The van der Waals surface area contributed by atoms with Gasteiger partial charge in [-0.25, -0.2) is 4.39 Å². The first-order chi connectivity index (χ1) is 8.37. The zero-order chi connectivity index (χ0) is 13.3. The van der Waals surface area contributed by atoms with E-state index < -0.39 is 24.4 Å². The number of carbonyl (C=O) groups excluding carboxylic acids is 1. The molecule has 0 spiro atoms. The van der Waals surface area contributed by atoms with Crippen LogP contribution in [0.2, 0.25) is 0 Å². The lowest BCUT2D eigenvalue weighted by molar-refractivity contribution is -0.125. The van der Waals surface area contributed by atoms with Crippen molar-refractivity contribution in [2.45, 2.75) is 19.3 Å². The Morgan fingerprint density at radius 2 is 2.06 bits per heavy atom. The molecule has 0 radical (unpaired) electrons. The molecule has 1 aromatic carbocycles. The second-order valence-corrected chi connectivity index (χ2v) is 4.01. The number of carbonyl (C=O) groups is 1. The largest absolute Gasteiger partial charge is 0.401 e. The van der Waals surface area contributed by atoms with Crippen molar-refractivity contribution >= 4 is 5.91 Å². The number of hydrogen-bond acceptors (Lipinski definition) is 2. The van der Waals surface area contributed by atoms with Crippen LogP contribution < -0.4 is 10.6 Å². The maximum atomic E-state index is 13.5. The van der Waals surface area contributed by atoms with Gasteiger partial charge in [0.15, 0.2) is 0 Å². The second-order valence-electron chi connectivity index (χ2n) is 4.01. The van der Waals surface area contributed by atoms with E-state index in [1.807, 2.05) is 0 Å². The molecule has 0 saturated carbocycles. The van der Waals surface area contributed by atoms with Gasteiger partial charge in [0.1, 0.15) is 5.82 Å². The third kappa shape index (κ3) is 2.79. The van der Waals surface area contributed by atoms with Crippen LogP contribution in [0.15, 0.2) is 12.1 Å². The smallest absolute Gasteiger partial charge is 0.348 e. The van der Waals surface area contributed by atoms with E-state index in [0.29, 0.717) is 5.56 Å². The van der Waals surface area contributed by atoms with Crippen molar-refractivity contribution in [3.05, 3.63) is 34.6 Å². The molecule has 1 aromatic rings. The van der Waals surface area contributed by atoms with Gasteiger partial charge >= 0.3 is 6.18 Å². The SMILES string of the molecule is O=C1NCc2c(F)cc(CNCC(F)(F)F)cc21. The van der Waals surface area contributed by atoms with Gasteiger partial charge in [-0.1, -0.05) is 0 Å². The third-order valence-electron chi connectivity index (χ3n) is 2.58. The Balaban J connectivity index is 2.09. The Bertz CT molecular complexity index is 485. The topological polar surface area (TPSA) is 41.1 Å². The number of benzene rings is 1. The van der Waals surface area contributed by atoms with Crippen LogP contribution in [0, 0.1) is 5.82 Å². The fourth-order valence-corrected chi connectivity index (χ4v) is 1.79.